The van der Waals surface area contributed by atoms with Crippen LogP contribution in [0.1, 0.15) is 97.3 Å². The maximum atomic E-state index is 10.1. The summed E-state index contributed by atoms with van der Waals surface area (Å²) in [6.45, 7) is 4.33. The van der Waals surface area contributed by atoms with Crippen molar-refractivity contribution in [3.63, 3.8) is 0 Å². The van der Waals surface area contributed by atoms with Crippen LogP contribution in [0.15, 0.2) is 0 Å². The van der Waals surface area contributed by atoms with Gasteiger partial charge < -0.3 is 10.2 Å². The van der Waals surface area contributed by atoms with Crippen molar-refractivity contribution in [2.24, 2.45) is 0 Å². The molecule has 0 saturated carbocycles. The van der Waals surface area contributed by atoms with E-state index in [2.05, 4.69) is 13.8 Å². The number of carboxylic acids is 2. The summed E-state index contributed by atoms with van der Waals surface area (Å²) < 4.78 is 0. The zero-order chi connectivity index (χ0) is 16.3. The molecule has 0 rings (SSSR count). The second kappa shape index (κ2) is 27.3. The minimum absolute atomic E-state index is 0. The van der Waals surface area contributed by atoms with E-state index in [-0.39, 0.29) is 46.1 Å². The normalized spacial score (nSPS) is 8.96. The van der Waals surface area contributed by atoms with E-state index in [0.29, 0.717) is 12.8 Å². The van der Waals surface area contributed by atoms with Crippen LogP contribution in [0.2, 0.25) is 0 Å². The van der Waals surface area contributed by atoms with Gasteiger partial charge in [0.05, 0.1) is 0 Å². The van der Waals surface area contributed by atoms with Crippen molar-refractivity contribution in [2.45, 2.75) is 97.3 Å². The zero-order valence-corrected chi connectivity index (χ0v) is 13.9. The summed E-state index contributed by atoms with van der Waals surface area (Å²) in [4.78, 5) is 20.1. The fraction of sp³-hybridized carbons (Fsp3) is 0.882. The molecular weight excluding hydrogens is 317 g/mol. The molecule has 134 valence electrons. The molecule has 0 atom stereocenters. The van der Waals surface area contributed by atoms with E-state index in [1.807, 2.05) is 0 Å². The van der Waals surface area contributed by atoms with Crippen LogP contribution < -0.4 is 0 Å². The Morgan fingerprint density at radius 2 is 0.826 bits per heavy atom. The van der Waals surface area contributed by atoms with Crippen molar-refractivity contribution in [3.8, 4) is 0 Å². The highest BCUT2D eigenvalue weighted by atomic mass is 24.3. The highest BCUT2D eigenvalue weighted by Crippen LogP contribution is 2.06. The Bertz CT molecular complexity index is 249. The molecule has 0 aromatic carbocycles. The van der Waals surface area contributed by atoms with Crippen molar-refractivity contribution in [3.05, 3.63) is 0 Å². The summed E-state index contributed by atoms with van der Waals surface area (Å²) in [6.07, 6.45) is 13.1. The van der Waals surface area contributed by atoms with Gasteiger partial charge in [-0.05, 0) is 12.8 Å². The SMILES string of the molecule is CCCCCCCC(=O)O.CCCCCCCCC(=O)O.[MgH2].[MgH2]. The second-order valence-electron chi connectivity index (χ2n) is 5.47. The first kappa shape index (κ1) is 31.3. The van der Waals surface area contributed by atoms with Crippen molar-refractivity contribution < 1.29 is 19.8 Å². The Morgan fingerprint density at radius 3 is 1.09 bits per heavy atom. The molecule has 6 heteroatoms. The van der Waals surface area contributed by atoms with Crippen molar-refractivity contribution in [1.82, 2.24) is 0 Å². The van der Waals surface area contributed by atoms with Gasteiger partial charge in [0, 0.05) is 12.8 Å². The van der Waals surface area contributed by atoms with Crippen LogP contribution in [0.4, 0.5) is 0 Å². The van der Waals surface area contributed by atoms with Crippen LogP contribution in [0.3, 0.4) is 0 Å². The Morgan fingerprint density at radius 1 is 0.565 bits per heavy atom. The maximum Gasteiger partial charge on any atom is 0.316 e. The topological polar surface area (TPSA) is 74.6 Å². The first-order valence-corrected chi connectivity index (χ1v) is 8.48. The predicted molar refractivity (Wildman–Crippen MR) is 104 cm³/mol. The van der Waals surface area contributed by atoms with Gasteiger partial charge in [-0.15, -0.1) is 0 Å². The predicted octanol–water partition coefficient (Wildman–Crippen LogP) is 3.42. The lowest BCUT2D eigenvalue weighted by Gasteiger charge is -1.97. The Balaban J connectivity index is -0.000000145. The number of aliphatic carboxylic acids is 2. The van der Waals surface area contributed by atoms with Gasteiger partial charge >= 0.3 is 58.0 Å². The van der Waals surface area contributed by atoms with Crippen LogP contribution in [0.5, 0.6) is 0 Å². The molecular formula is C17H38Mg2O4. The molecule has 2 N–H and O–H groups in total. The molecule has 0 aromatic heterocycles. The molecule has 0 radical (unpaired) electrons. The minimum atomic E-state index is -0.670. The number of rotatable bonds is 13. The molecule has 23 heavy (non-hydrogen) atoms. The van der Waals surface area contributed by atoms with Crippen molar-refractivity contribution >= 4 is 58.0 Å². The molecule has 0 fully saturated rings. The van der Waals surface area contributed by atoms with Crippen LogP contribution in [-0.2, 0) is 9.59 Å². The summed E-state index contributed by atoms with van der Waals surface area (Å²) in [5.74, 6) is -1.34. The molecule has 0 aliphatic rings. The molecule has 0 unspecified atom stereocenters. The third-order valence-corrected chi connectivity index (χ3v) is 3.24. The molecule has 0 bridgehead atoms. The number of hydrogen-bond acceptors (Lipinski definition) is 2. The number of unbranched alkanes of at least 4 members (excludes halogenated alkanes) is 9. The molecule has 0 heterocycles. The standard InChI is InChI=1S/C9H18O2.C8H16O2.2Mg.4H/c1-2-3-4-5-6-7-8-9(10)11;1-2-3-4-5-6-7-8(9)10;;;;;;/h2-8H2,1H3,(H,10,11);2-7H2,1H3,(H,9,10);;;;;;. The highest BCUT2D eigenvalue weighted by Gasteiger charge is 1.95. The maximum absolute atomic E-state index is 10.1. The number of carbonyl (C=O) groups is 2. The van der Waals surface area contributed by atoms with Crippen LogP contribution >= 0.6 is 0 Å². The summed E-state index contributed by atoms with van der Waals surface area (Å²) in [5, 5.41) is 16.6. The van der Waals surface area contributed by atoms with Crippen molar-refractivity contribution in [2.75, 3.05) is 0 Å². The van der Waals surface area contributed by atoms with E-state index in [1.165, 1.54) is 44.9 Å². The highest BCUT2D eigenvalue weighted by molar-refractivity contribution is 5.76. The molecule has 0 saturated heterocycles. The van der Waals surface area contributed by atoms with Crippen molar-refractivity contribution in [1.29, 1.82) is 0 Å². The van der Waals surface area contributed by atoms with Gasteiger partial charge in [-0.1, -0.05) is 71.6 Å². The quantitative estimate of drug-likeness (QED) is 0.392. The summed E-state index contributed by atoms with van der Waals surface area (Å²) in [7, 11) is 0. The lowest BCUT2D eigenvalue weighted by atomic mass is 10.1. The largest absolute Gasteiger partial charge is 0.481 e. The molecule has 4 nitrogen and oxygen atoms in total. The lowest BCUT2D eigenvalue weighted by Crippen LogP contribution is -1.93. The molecule has 0 aliphatic carbocycles. The first-order chi connectivity index (χ1) is 10.0. The fourth-order valence-corrected chi connectivity index (χ4v) is 1.94. The Labute approximate surface area is 174 Å². The first-order valence-electron chi connectivity index (χ1n) is 8.48. The van der Waals surface area contributed by atoms with Gasteiger partial charge in [0.2, 0.25) is 0 Å². The van der Waals surface area contributed by atoms with E-state index in [9.17, 15) is 9.59 Å². The molecule has 0 aliphatic heterocycles. The zero-order valence-electron chi connectivity index (χ0n) is 13.9. The van der Waals surface area contributed by atoms with Gasteiger partial charge in [-0.3, -0.25) is 9.59 Å². The summed E-state index contributed by atoms with van der Waals surface area (Å²) in [5.41, 5.74) is 0. The van der Waals surface area contributed by atoms with E-state index in [4.69, 9.17) is 10.2 Å². The van der Waals surface area contributed by atoms with E-state index in [1.54, 1.807) is 0 Å². The van der Waals surface area contributed by atoms with E-state index in [0.717, 1.165) is 25.7 Å². The van der Waals surface area contributed by atoms with Crippen LogP contribution in [0.25, 0.3) is 0 Å². The lowest BCUT2D eigenvalue weighted by molar-refractivity contribution is -0.138. The molecule has 0 aromatic rings. The summed E-state index contributed by atoms with van der Waals surface area (Å²) in [6, 6.07) is 0. The van der Waals surface area contributed by atoms with Crippen LogP contribution in [-0.4, -0.2) is 68.3 Å². The molecule has 0 amide bonds. The monoisotopic (exact) mass is 354 g/mol. The van der Waals surface area contributed by atoms with Gasteiger partial charge in [-0.25, -0.2) is 0 Å². The smallest absolute Gasteiger partial charge is 0.316 e. The van der Waals surface area contributed by atoms with Gasteiger partial charge in [-0.2, -0.15) is 0 Å². The number of carboxylic acid groups (broad SMARTS) is 2. The minimum Gasteiger partial charge on any atom is -0.481 e. The van der Waals surface area contributed by atoms with Crippen LogP contribution in [0, 0.1) is 0 Å². The number of hydrogen-bond donors (Lipinski definition) is 2. The Kier molecular flexibility index (Phi) is 37.1. The average Bonchev–Trinajstić information content (AvgIpc) is 2.42. The second-order valence-corrected chi connectivity index (χ2v) is 5.47. The van der Waals surface area contributed by atoms with Gasteiger partial charge in [0.25, 0.3) is 0 Å². The van der Waals surface area contributed by atoms with Gasteiger partial charge in [0.1, 0.15) is 0 Å². The van der Waals surface area contributed by atoms with E-state index < -0.39 is 11.9 Å². The fourth-order valence-electron chi connectivity index (χ4n) is 1.94. The Hall–Kier alpha value is 0.472. The third-order valence-electron chi connectivity index (χ3n) is 3.24. The third kappa shape index (κ3) is 39.3. The van der Waals surface area contributed by atoms with E-state index >= 15 is 0 Å². The average molecular weight is 355 g/mol. The summed E-state index contributed by atoms with van der Waals surface area (Å²) >= 11 is 0. The van der Waals surface area contributed by atoms with Gasteiger partial charge in [0.15, 0.2) is 0 Å². The molecule has 0 spiro atoms.